The molecule has 0 saturated carbocycles. The zero-order valence-electron chi connectivity index (χ0n) is 21.4. The van der Waals surface area contributed by atoms with Crippen LogP contribution in [-0.4, -0.2) is 53.6 Å². The fourth-order valence-electron chi connectivity index (χ4n) is 4.93. The van der Waals surface area contributed by atoms with Crippen LogP contribution in [0.15, 0.2) is 53.0 Å². The van der Waals surface area contributed by atoms with Crippen molar-refractivity contribution in [3.8, 4) is 11.1 Å². The van der Waals surface area contributed by atoms with Gasteiger partial charge in [-0.25, -0.2) is 10.8 Å². The van der Waals surface area contributed by atoms with Gasteiger partial charge in [0.2, 0.25) is 5.91 Å². The molecule has 0 radical (unpaired) electrons. The van der Waals surface area contributed by atoms with Gasteiger partial charge in [0, 0.05) is 50.1 Å². The fraction of sp³-hybridized carbons (Fsp3) is 0.414. The highest BCUT2D eigenvalue weighted by Gasteiger charge is 2.20. The van der Waals surface area contributed by atoms with Gasteiger partial charge in [0.1, 0.15) is 5.84 Å². The smallest absolute Gasteiger partial charge is 0.253 e. The van der Waals surface area contributed by atoms with Crippen molar-refractivity contribution in [2.24, 2.45) is 10.8 Å². The summed E-state index contributed by atoms with van der Waals surface area (Å²) in [5.41, 5.74) is 8.23. The maximum absolute atomic E-state index is 13.0. The molecule has 4 rings (SSSR count). The molecular formula is C29H37N5O2. The minimum Gasteiger partial charge on any atom is -0.342 e. The second kappa shape index (κ2) is 12.0. The number of hydrogen-bond donors (Lipinski definition) is 2. The van der Waals surface area contributed by atoms with Gasteiger partial charge in [0.05, 0.1) is 5.69 Å². The Bertz CT molecular complexity index is 1140. The zero-order chi connectivity index (χ0) is 25.5. The van der Waals surface area contributed by atoms with Crippen molar-refractivity contribution in [1.82, 2.24) is 15.2 Å². The quantitative estimate of drug-likeness (QED) is 0.409. The second-order valence-electron chi connectivity index (χ2n) is 9.59. The molecule has 0 atom stereocenters. The van der Waals surface area contributed by atoms with Crippen molar-refractivity contribution >= 4 is 29.4 Å². The van der Waals surface area contributed by atoms with Gasteiger partial charge in [-0.15, -0.1) is 0 Å². The zero-order valence-corrected chi connectivity index (χ0v) is 21.4. The molecular weight excluding hydrogens is 450 g/mol. The van der Waals surface area contributed by atoms with Crippen LogP contribution in [0.3, 0.4) is 0 Å². The van der Waals surface area contributed by atoms with Crippen LogP contribution >= 0.6 is 0 Å². The minimum absolute atomic E-state index is 0.105. The Morgan fingerprint density at radius 2 is 1.67 bits per heavy atom. The number of nitrogens with zero attached hydrogens (tertiary/aromatic N) is 3. The SMILES string of the molecule is CCCN(CCC)C(=O)CC1=Cc2ccc(-c3ccc(C(=O)N4CCCC4)cc3)cc2N=C(NN)C1. The predicted octanol–water partition coefficient (Wildman–Crippen LogP) is 4.91. The molecule has 2 heterocycles. The first kappa shape index (κ1) is 25.6. The van der Waals surface area contributed by atoms with Gasteiger partial charge in [-0.2, -0.15) is 0 Å². The molecule has 2 aromatic rings. The van der Waals surface area contributed by atoms with E-state index < -0.39 is 0 Å². The van der Waals surface area contributed by atoms with Crippen molar-refractivity contribution in [3.63, 3.8) is 0 Å². The van der Waals surface area contributed by atoms with E-state index in [0.717, 1.165) is 85.4 Å². The Hall–Kier alpha value is -3.45. The van der Waals surface area contributed by atoms with E-state index in [2.05, 4.69) is 31.4 Å². The Morgan fingerprint density at radius 3 is 2.31 bits per heavy atom. The molecule has 0 spiro atoms. The molecule has 0 unspecified atom stereocenters. The van der Waals surface area contributed by atoms with Crippen molar-refractivity contribution in [2.45, 2.75) is 52.4 Å². The number of amidine groups is 1. The Morgan fingerprint density at radius 1 is 1.00 bits per heavy atom. The first-order valence-corrected chi connectivity index (χ1v) is 13.1. The molecule has 3 N–H and O–H groups in total. The molecule has 36 heavy (non-hydrogen) atoms. The number of carbonyl (C=O) groups is 2. The van der Waals surface area contributed by atoms with Crippen molar-refractivity contribution in [1.29, 1.82) is 0 Å². The summed E-state index contributed by atoms with van der Waals surface area (Å²) in [5, 5.41) is 0. The van der Waals surface area contributed by atoms with Crippen molar-refractivity contribution in [2.75, 3.05) is 26.2 Å². The monoisotopic (exact) mass is 487 g/mol. The van der Waals surface area contributed by atoms with E-state index in [0.29, 0.717) is 18.7 Å². The molecule has 7 nitrogen and oxygen atoms in total. The van der Waals surface area contributed by atoms with Crippen LogP contribution in [0.4, 0.5) is 5.69 Å². The van der Waals surface area contributed by atoms with Crippen molar-refractivity contribution in [3.05, 3.63) is 59.2 Å². The summed E-state index contributed by atoms with van der Waals surface area (Å²) >= 11 is 0. The largest absolute Gasteiger partial charge is 0.342 e. The normalized spacial score (nSPS) is 15.0. The summed E-state index contributed by atoms with van der Waals surface area (Å²) in [6, 6.07) is 13.9. The van der Waals surface area contributed by atoms with Gasteiger partial charge in [-0.3, -0.25) is 9.59 Å². The lowest BCUT2D eigenvalue weighted by Gasteiger charge is -2.22. The average Bonchev–Trinajstić information content (AvgIpc) is 3.37. The van der Waals surface area contributed by atoms with Gasteiger partial charge in [-0.1, -0.05) is 49.8 Å². The molecule has 0 aliphatic carbocycles. The van der Waals surface area contributed by atoms with E-state index in [1.807, 2.05) is 46.2 Å². The van der Waals surface area contributed by atoms with E-state index in [4.69, 9.17) is 10.8 Å². The number of fused-ring (bicyclic) bond motifs is 1. The van der Waals surface area contributed by atoms with Gasteiger partial charge < -0.3 is 15.2 Å². The molecule has 2 aliphatic heterocycles. The number of likely N-dealkylation sites (tertiary alicyclic amines) is 1. The number of benzene rings is 2. The number of carbonyl (C=O) groups excluding carboxylic acids is 2. The van der Waals surface area contributed by atoms with Crippen LogP contribution in [0.1, 0.15) is 68.3 Å². The van der Waals surface area contributed by atoms with Gasteiger partial charge >= 0.3 is 0 Å². The number of hydrogen-bond acceptors (Lipinski definition) is 5. The fourth-order valence-corrected chi connectivity index (χ4v) is 4.93. The molecule has 2 amide bonds. The second-order valence-corrected chi connectivity index (χ2v) is 9.59. The minimum atomic E-state index is 0.105. The van der Waals surface area contributed by atoms with Crippen LogP contribution in [0.2, 0.25) is 0 Å². The highest BCUT2D eigenvalue weighted by atomic mass is 16.2. The Kier molecular flexibility index (Phi) is 8.54. The number of nitrogens with one attached hydrogen (secondary N) is 1. The molecule has 2 aliphatic rings. The van der Waals surface area contributed by atoms with E-state index >= 15 is 0 Å². The van der Waals surface area contributed by atoms with E-state index in [1.165, 1.54) is 0 Å². The first-order chi connectivity index (χ1) is 17.5. The maximum atomic E-state index is 13.0. The van der Waals surface area contributed by atoms with Gasteiger partial charge in [0.25, 0.3) is 5.91 Å². The third-order valence-electron chi connectivity index (χ3n) is 6.78. The Balaban J connectivity index is 1.56. The number of nitrogens with two attached hydrogens (primary N) is 1. The molecule has 1 fully saturated rings. The first-order valence-electron chi connectivity index (χ1n) is 13.1. The number of amides is 2. The molecule has 2 aromatic carbocycles. The van der Waals surface area contributed by atoms with E-state index in [1.54, 1.807) is 0 Å². The predicted molar refractivity (Wildman–Crippen MR) is 146 cm³/mol. The maximum Gasteiger partial charge on any atom is 0.253 e. The van der Waals surface area contributed by atoms with E-state index in [9.17, 15) is 9.59 Å². The summed E-state index contributed by atoms with van der Waals surface area (Å²) in [5.74, 6) is 6.67. The molecule has 1 saturated heterocycles. The van der Waals surface area contributed by atoms with Crippen LogP contribution in [-0.2, 0) is 4.79 Å². The lowest BCUT2D eigenvalue weighted by molar-refractivity contribution is -0.130. The summed E-state index contributed by atoms with van der Waals surface area (Å²) in [7, 11) is 0. The summed E-state index contributed by atoms with van der Waals surface area (Å²) in [6.07, 6.45) is 6.98. The summed E-state index contributed by atoms with van der Waals surface area (Å²) < 4.78 is 0. The lowest BCUT2D eigenvalue weighted by Crippen LogP contribution is -2.34. The number of aliphatic imine (C=N–C) groups is 1. The number of rotatable bonds is 8. The number of hydrazine groups is 1. The highest BCUT2D eigenvalue weighted by molar-refractivity contribution is 5.95. The standard InChI is InChI=1S/C29H37N5O2/c1-3-13-33(14-4-2)28(35)19-21-17-25-12-11-24(20-26(25)31-27(18-21)32-30)22-7-9-23(10-8-22)29(36)34-15-5-6-16-34/h7-12,17,20H,3-6,13-16,18-19,30H2,1-2H3,(H,31,32). The van der Waals surface area contributed by atoms with E-state index in [-0.39, 0.29) is 11.8 Å². The van der Waals surface area contributed by atoms with Crippen molar-refractivity contribution < 1.29 is 9.59 Å². The summed E-state index contributed by atoms with van der Waals surface area (Å²) in [6.45, 7) is 7.43. The molecule has 0 aromatic heterocycles. The summed E-state index contributed by atoms with van der Waals surface area (Å²) in [4.78, 5) is 34.3. The lowest BCUT2D eigenvalue weighted by atomic mass is 9.99. The van der Waals surface area contributed by atoms with Crippen LogP contribution in [0.5, 0.6) is 0 Å². The average molecular weight is 488 g/mol. The van der Waals surface area contributed by atoms with Gasteiger partial charge in [0.15, 0.2) is 0 Å². The molecule has 0 bridgehead atoms. The third kappa shape index (κ3) is 6.02. The van der Waals surface area contributed by atoms with Gasteiger partial charge in [-0.05, 0) is 55.0 Å². The third-order valence-corrected chi connectivity index (χ3v) is 6.78. The Labute approximate surface area is 214 Å². The molecule has 190 valence electrons. The topological polar surface area (TPSA) is 91.0 Å². The van der Waals surface area contributed by atoms with Crippen LogP contribution in [0, 0.1) is 0 Å². The highest BCUT2D eigenvalue weighted by Crippen LogP contribution is 2.33. The molecule has 7 heteroatoms. The van der Waals surface area contributed by atoms with Crippen LogP contribution in [0.25, 0.3) is 17.2 Å². The van der Waals surface area contributed by atoms with Crippen LogP contribution < -0.4 is 11.3 Å².